The number of hydrogen-bond acceptors (Lipinski definition) is 5. The fourth-order valence-corrected chi connectivity index (χ4v) is 1.85. The van der Waals surface area contributed by atoms with Crippen LogP contribution in [0.5, 0.6) is 0 Å². The molecule has 2 aromatic rings. The highest BCUT2D eigenvalue weighted by Crippen LogP contribution is 2.30. The number of nitro groups is 1. The van der Waals surface area contributed by atoms with Crippen molar-refractivity contribution in [1.82, 2.24) is 9.55 Å². The van der Waals surface area contributed by atoms with Crippen molar-refractivity contribution >= 4 is 17.1 Å². The second kappa shape index (κ2) is 5.38. The Balaban J connectivity index is 2.06. The number of nitro benzene ring substituents is 1. The Morgan fingerprint density at radius 2 is 2.32 bits per heavy atom. The van der Waals surface area contributed by atoms with E-state index in [4.69, 9.17) is 5.73 Å². The van der Waals surface area contributed by atoms with Crippen molar-refractivity contribution in [3.8, 4) is 0 Å². The van der Waals surface area contributed by atoms with E-state index in [0.29, 0.717) is 18.7 Å². The molecule has 19 heavy (non-hydrogen) atoms. The molecule has 0 spiro atoms. The van der Waals surface area contributed by atoms with Crippen molar-refractivity contribution in [3.05, 3.63) is 46.5 Å². The predicted octanol–water partition coefficient (Wildman–Crippen LogP) is 1.57. The number of imidazole rings is 1. The van der Waals surface area contributed by atoms with Gasteiger partial charge in [0.25, 0.3) is 0 Å². The Hall–Kier alpha value is -2.57. The number of aryl methyl sites for hydroxylation is 1. The zero-order chi connectivity index (χ0) is 13.8. The maximum atomic E-state index is 11.0. The van der Waals surface area contributed by atoms with Crippen LogP contribution in [0.2, 0.25) is 0 Å². The van der Waals surface area contributed by atoms with Gasteiger partial charge >= 0.3 is 5.69 Å². The minimum Gasteiger partial charge on any atom is -0.393 e. The third-order valence-electron chi connectivity index (χ3n) is 2.83. The zero-order valence-electron chi connectivity index (χ0n) is 10.5. The molecular weight excluding hydrogens is 246 g/mol. The largest absolute Gasteiger partial charge is 0.393 e. The second-order valence-corrected chi connectivity index (χ2v) is 4.13. The summed E-state index contributed by atoms with van der Waals surface area (Å²) in [4.78, 5) is 14.7. The lowest BCUT2D eigenvalue weighted by molar-refractivity contribution is -0.383. The summed E-state index contributed by atoms with van der Waals surface area (Å²) in [6.07, 6.45) is 4.26. The van der Waals surface area contributed by atoms with Crippen LogP contribution in [0.25, 0.3) is 0 Å². The molecule has 2 rings (SSSR count). The van der Waals surface area contributed by atoms with Gasteiger partial charge in [0.05, 0.1) is 4.92 Å². The Bertz CT molecular complexity index is 594. The summed E-state index contributed by atoms with van der Waals surface area (Å²) in [7, 11) is 1.91. The van der Waals surface area contributed by atoms with Crippen molar-refractivity contribution < 1.29 is 4.92 Å². The van der Waals surface area contributed by atoms with Gasteiger partial charge in [-0.1, -0.05) is 6.07 Å². The number of nitrogens with zero attached hydrogens (tertiary/aromatic N) is 3. The molecule has 3 N–H and O–H groups in total. The molecule has 7 nitrogen and oxygen atoms in total. The lowest BCUT2D eigenvalue weighted by atomic mass is 10.2. The number of rotatable bonds is 5. The van der Waals surface area contributed by atoms with Gasteiger partial charge in [-0.05, 0) is 12.1 Å². The molecule has 0 atom stereocenters. The van der Waals surface area contributed by atoms with Gasteiger partial charge in [-0.25, -0.2) is 4.98 Å². The van der Waals surface area contributed by atoms with Crippen LogP contribution in [0, 0.1) is 10.1 Å². The summed E-state index contributed by atoms with van der Waals surface area (Å²) in [6, 6.07) is 4.85. The molecule has 0 fully saturated rings. The first-order valence-corrected chi connectivity index (χ1v) is 5.82. The molecule has 0 aliphatic heterocycles. The predicted molar refractivity (Wildman–Crippen MR) is 72.9 cm³/mol. The van der Waals surface area contributed by atoms with Crippen LogP contribution in [-0.2, 0) is 13.5 Å². The standard InChI is InChI=1S/C12H15N5O2/c1-16-8-7-15-11(16)5-6-14-10-4-2-3-9(13)12(10)17(18)19/h2-4,7-8,14H,5-6,13H2,1H3. The molecule has 100 valence electrons. The monoisotopic (exact) mass is 261 g/mol. The van der Waals surface area contributed by atoms with Crippen LogP contribution in [0.4, 0.5) is 17.1 Å². The van der Waals surface area contributed by atoms with Gasteiger partial charge in [0, 0.05) is 32.4 Å². The van der Waals surface area contributed by atoms with Crippen LogP contribution < -0.4 is 11.1 Å². The summed E-state index contributed by atoms with van der Waals surface area (Å²) < 4.78 is 1.91. The summed E-state index contributed by atoms with van der Waals surface area (Å²) in [6.45, 7) is 0.551. The van der Waals surface area contributed by atoms with Gasteiger partial charge in [-0.2, -0.15) is 0 Å². The van der Waals surface area contributed by atoms with Gasteiger partial charge in [0.1, 0.15) is 17.2 Å². The Morgan fingerprint density at radius 3 is 2.95 bits per heavy atom. The SMILES string of the molecule is Cn1ccnc1CCNc1cccc(N)c1[N+](=O)[O-]. The summed E-state index contributed by atoms with van der Waals surface area (Å²) in [5.74, 6) is 0.916. The molecule has 0 saturated carbocycles. The van der Waals surface area contributed by atoms with E-state index >= 15 is 0 Å². The van der Waals surface area contributed by atoms with Crippen LogP contribution in [-0.4, -0.2) is 21.0 Å². The average molecular weight is 261 g/mol. The van der Waals surface area contributed by atoms with E-state index in [9.17, 15) is 10.1 Å². The van der Waals surface area contributed by atoms with E-state index in [1.165, 1.54) is 6.07 Å². The molecule has 0 unspecified atom stereocenters. The molecule has 0 aliphatic rings. The first kappa shape index (κ1) is 12.9. The van der Waals surface area contributed by atoms with Crippen molar-refractivity contribution in [2.24, 2.45) is 7.05 Å². The van der Waals surface area contributed by atoms with Crippen molar-refractivity contribution in [1.29, 1.82) is 0 Å². The number of benzene rings is 1. The number of nitrogens with two attached hydrogens (primary N) is 1. The maximum Gasteiger partial charge on any atom is 0.314 e. The Kier molecular flexibility index (Phi) is 3.65. The molecule has 0 radical (unpaired) electrons. The number of nitrogen functional groups attached to an aromatic ring is 1. The lowest BCUT2D eigenvalue weighted by Crippen LogP contribution is -2.10. The Labute approximate surface area is 110 Å². The highest BCUT2D eigenvalue weighted by Gasteiger charge is 2.17. The van der Waals surface area contributed by atoms with Gasteiger partial charge in [-0.15, -0.1) is 0 Å². The summed E-state index contributed by atoms with van der Waals surface area (Å²) >= 11 is 0. The van der Waals surface area contributed by atoms with E-state index in [1.807, 2.05) is 17.8 Å². The highest BCUT2D eigenvalue weighted by atomic mass is 16.6. The zero-order valence-corrected chi connectivity index (χ0v) is 10.5. The minimum atomic E-state index is -0.474. The number of aromatic nitrogens is 2. The second-order valence-electron chi connectivity index (χ2n) is 4.13. The molecule has 1 aromatic carbocycles. The van der Waals surface area contributed by atoms with E-state index in [-0.39, 0.29) is 11.4 Å². The molecule has 0 bridgehead atoms. The van der Waals surface area contributed by atoms with Crippen molar-refractivity contribution in [3.63, 3.8) is 0 Å². The van der Waals surface area contributed by atoms with E-state index in [2.05, 4.69) is 10.3 Å². The van der Waals surface area contributed by atoms with Crippen LogP contribution >= 0.6 is 0 Å². The first-order chi connectivity index (χ1) is 9.09. The molecule has 0 saturated heterocycles. The topological polar surface area (TPSA) is 99.0 Å². The van der Waals surface area contributed by atoms with Gasteiger partial charge < -0.3 is 15.6 Å². The van der Waals surface area contributed by atoms with Crippen LogP contribution in [0.1, 0.15) is 5.82 Å². The van der Waals surface area contributed by atoms with Crippen molar-refractivity contribution in [2.45, 2.75) is 6.42 Å². The number of para-hydroxylation sites is 1. The number of nitrogens with one attached hydrogen (secondary N) is 1. The third kappa shape index (κ3) is 2.82. The minimum absolute atomic E-state index is 0.0812. The van der Waals surface area contributed by atoms with Crippen LogP contribution in [0.15, 0.2) is 30.6 Å². The number of anilines is 2. The Morgan fingerprint density at radius 1 is 1.53 bits per heavy atom. The summed E-state index contributed by atoms with van der Waals surface area (Å²) in [5, 5.41) is 14.0. The molecule has 0 aliphatic carbocycles. The van der Waals surface area contributed by atoms with Crippen molar-refractivity contribution in [2.75, 3.05) is 17.6 Å². The average Bonchev–Trinajstić information content (AvgIpc) is 2.75. The van der Waals surface area contributed by atoms with E-state index in [1.54, 1.807) is 18.3 Å². The van der Waals surface area contributed by atoms with Crippen LogP contribution in [0.3, 0.4) is 0 Å². The fraction of sp³-hybridized carbons (Fsp3) is 0.250. The fourth-order valence-electron chi connectivity index (χ4n) is 1.85. The molecular formula is C12H15N5O2. The maximum absolute atomic E-state index is 11.0. The first-order valence-electron chi connectivity index (χ1n) is 5.82. The van der Waals surface area contributed by atoms with E-state index < -0.39 is 4.92 Å². The lowest BCUT2D eigenvalue weighted by Gasteiger charge is -2.08. The number of hydrogen-bond donors (Lipinski definition) is 2. The highest BCUT2D eigenvalue weighted by molar-refractivity contribution is 5.74. The molecule has 0 amide bonds. The van der Waals surface area contributed by atoms with E-state index in [0.717, 1.165) is 5.82 Å². The molecule has 7 heteroatoms. The van der Waals surface area contributed by atoms with Gasteiger partial charge in [0.2, 0.25) is 0 Å². The smallest absolute Gasteiger partial charge is 0.314 e. The van der Waals surface area contributed by atoms with Gasteiger partial charge in [0.15, 0.2) is 0 Å². The third-order valence-corrected chi connectivity index (χ3v) is 2.83. The normalized spacial score (nSPS) is 10.4. The summed E-state index contributed by atoms with van der Waals surface area (Å²) in [5.41, 5.74) is 6.12. The molecule has 1 aromatic heterocycles. The quantitative estimate of drug-likeness (QED) is 0.483. The molecule has 1 heterocycles. The van der Waals surface area contributed by atoms with Gasteiger partial charge in [-0.3, -0.25) is 10.1 Å².